The maximum absolute atomic E-state index is 12.5. The van der Waals surface area contributed by atoms with E-state index in [0.717, 1.165) is 0 Å². The number of carbonyl (C=O) groups is 3. The maximum atomic E-state index is 12.5. The normalized spacial score (nSPS) is 10.1. The first-order chi connectivity index (χ1) is 13.4. The lowest BCUT2D eigenvalue weighted by atomic mass is 10.2. The van der Waals surface area contributed by atoms with Gasteiger partial charge < -0.3 is 14.8 Å². The number of halogens is 1. The van der Waals surface area contributed by atoms with Crippen LogP contribution in [0.2, 0.25) is 0 Å². The van der Waals surface area contributed by atoms with E-state index in [2.05, 4.69) is 32.1 Å². The van der Waals surface area contributed by atoms with Crippen LogP contribution in [0.25, 0.3) is 0 Å². The Morgan fingerprint density at radius 3 is 2.29 bits per heavy atom. The zero-order valence-electron chi connectivity index (χ0n) is 15.4. The maximum Gasteiger partial charge on any atom is 0.273 e. The molecule has 0 spiro atoms. The number of hydrogen-bond acceptors (Lipinski definition) is 5. The zero-order chi connectivity index (χ0) is 20.5. The second-order valence-electron chi connectivity index (χ2n) is 5.65. The average molecular weight is 450 g/mol. The molecule has 0 radical (unpaired) electrons. The van der Waals surface area contributed by atoms with Gasteiger partial charge in [-0.15, -0.1) is 0 Å². The van der Waals surface area contributed by atoms with Crippen LogP contribution in [0.3, 0.4) is 0 Å². The Hall–Kier alpha value is -2.91. The SMILES string of the molecule is COCCOc1ccc(Br)cc1C(=O)NNC(=O)c1ccc(NC(C)=O)cc1. The molecule has 0 aliphatic heterocycles. The van der Waals surface area contributed by atoms with Crippen molar-refractivity contribution in [3.8, 4) is 5.75 Å². The van der Waals surface area contributed by atoms with Crippen LogP contribution in [0.1, 0.15) is 27.6 Å². The van der Waals surface area contributed by atoms with E-state index in [4.69, 9.17) is 9.47 Å². The van der Waals surface area contributed by atoms with Gasteiger partial charge in [-0.05, 0) is 42.5 Å². The molecule has 8 nitrogen and oxygen atoms in total. The third kappa shape index (κ3) is 6.36. The van der Waals surface area contributed by atoms with Crippen LogP contribution in [-0.2, 0) is 9.53 Å². The number of methoxy groups -OCH3 is 1. The summed E-state index contributed by atoms with van der Waals surface area (Å²) < 4.78 is 11.2. The lowest BCUT2D eigenvalue weighted by Gasteiger charge is -2.13. The average Bonchev–Trinajstić information content (AvgIpc) is 2.67. The number of hydrogen-bond donors (Lipinski definition) is 3. The topological polar surface area (TPSA) is 106 Å². The van der Waals surface area contributed by atoms with Gasteiger partial charge in [-0.1, -0.05) is 15.9 Å². The number of nitrogens with one attached hydrogen (secondary N) is 3. The molecule has 3 N–H and O–H groups in total. The highest BCUT2D eigenvalue weighted by Crippen LogP contribution is 2.23. The van der Waals surface area contributed by atoms with Crippen molar-refractivity contribution >= 4 is 39.3 Å². The first-order valence-electron chi connectivity index (χ1n) is 8.30. The van der Waals surface area contributed by atoms with Crippen LogP contribution < -0.4 is 20.9 Å². The van der Waals surface area contributed by atoms with E-state index in [1.54, 1.807) is 37.4 Å². The summed E-state index contributed by atoms with van der Waals surface area (Å²) in [6.45, 7) is 2.05. The van der Waals surface area contributed by atoms with E-state index in [0.29, 0.717) is 28.1 Å². The number of ether oxygens (including phenoxy) is 2. The molecule has 0 heterocycles. The van der Waals surface area contributed by atoms with Crippen molar-refractivity contribution in [2.45, 2.75) is 6.92 Å². The van der Waals surface area contributed by atoms with E-state index in [1.165, 1.54) is 19.1 Å². The monoisotopic (exact) mass is 449 g/mol. The van der Waals surface area contributed by atoms with Crippen LogP contribution in [0, 0.1) is 0 Å². The van der Waals surface area contributed by atoms with Crippen LogP contribution in [0.15, 0.2) is 46.9 Å². The van der Waals surface area contributed by atoms with E-state index in [9.17, 15) is 14.4 Å². The van der Waals surface area contributed by atoms with Gasteiger partial charge in [-0.2, -0.15) is 0 Å². The van der Waals surface area contributed by atoms with E-state index in [1.807, 2.05) is 0 Å². The fourth-order valence-electron chi connectivity index (χ4n) is 2.20. The Labute approximate surface area is 170 Å². The molecule has 2 aromatic carbocycles. The summed E-state index contributed by atoms with van der Waals surface area (Å²) in [6.07, 6.45) is 0. The first-order valence-corrected chi connectivity index (χ1v) is 9.09. The number of hydrazine groups is 1. The number of anilines is 1. The molecule has 148 valence electrons. The minimum Gasteiger partial charge on any atom is -0.490 e. The number of amides is 3. The van der Waals surface area contributed by atoms with Gasteiger partial charge >= 0.3 is 0 Å². The predicted octanol–water partition coefficient (Wildman–Crippen LogP) is 2.51. The number of rotatable bonds is 7. The minimum absolute atomic E-state index is 0.206. The van der Waals surface area contributed by atoms with Gasteiger partial charge in [0.05, 0.1) is 12.2 Å². The molecule has 0 atom stereocenters. The molecule has 0 aliphatic rings. The summed E-state index contributed by atoms with van der Waals surface area (Å²) >= 11 is 3.31. The van der Waals surface area contributed by atoms with Crippen molar-refractivity contribution in [3.63, 3.8) is 0 Å². The number of carbonyl (C=O) groups excluding carboxylic acids is 3. The second kappa shape index (κ2) is 10.4. The van der Waals surface area contributed by atoms with Gasteiger partial charge in [0.2, 0.25) is 5.91 Å². The Morgan fingerprint density at radius 1 is 0.964 bits per heavy atom. The second-order valence-corrected chi connectivity index (χ2v) is 6.56. The molecule has 2 aromatic rings. The van der Waals surface area contributed by atoms with Crippen molar-refractivity contribution < 1.29 is 23.9 Å². The van der Waals surface area contributed by atoms with Crippen LogP contribution >= 0.6 is 15.9 Å². The Balaban J connectivity index is 2.00. The predicted molar refractivity (Wildman–Crippen MR) is 107 cm³/mol. The van der Waals surface area contributed by atoms with Crippen LogP contribution in [0.4, 0.5) is 5.69 Å². The fourth-order valence-corrected chi connectivity index (χ4v) is 2.56. The lowest BCUT2D eigenvalue weighted by Crippen LogP contribution is -2.41. The molecule has 3 amide bonds. The Kier molecular flexibility index (Phi) is 7.97. The number of benzene rings is 2. The molecule has 0 saturated heterocycles. The van der Waals surface area contributed by atoms with E-state index >= 15 is 0 Å². The smallest absolute Gasteiger partial charge is 0.273 e. The highest BCUT2D eigenvalue weighted by molar-refractivity contribution is 9.10. The van der Waals surface area contributed by atoms with Gasteiger partial charge in [-0.25, -0.2) is 0 Å². The minimum atomic E-state index is -0.531. The molecule has 0 aromatic heterocycles. The molecule has 0 fully saturated rings. The van der Waals surface area contributed by atoms with Gasteiger partial charge in [0.1, 0.15) is 12.4 Å². The summed E-state index contributed by atoms with van der Waals surface area (Å²) in [5.41, 5.74) is 5.86. The quantitative estimate of drug-likeness (QED) is 0.444. The molecule has 28 heavy (non-hydrogen) atoms. The largest absolute Gasteiger partial charge is 0.490 e. The fraction of sp³-hybridized carbons (Fsp3) is 0.211. The Bertz CT molecular complexity index is 855. The van der Waals surface area contributed by atoms with Crippen molar-refractivity contribution in [1.82, 2.24) is 10.9 Å². The van der Waals surface area contributed by atoms with Crippen LogP contribution in [-0.4, -0.2) is 38.0 Å². The molecule has 0 unspecified atom stereocenters. The summed E-state index contributed by atoms with van der Waals surface area (Å²) in [5, 5.41) is 2.61. The Morgan fingerprint density at radius 2 is 1.64 bits per heavy atom. The van der Waals surface area contributed by atoms with E-state index in [-0.39, 0.29) is 18.1 Å². The van der Waals surface area contributed by atoms with Crippen LogP contribution in [0.5, 0.6) is 5.75 Å². The summed E-state index contributed by atoms with van der Waals surface area (Å²) in [4.78, 5) is 35.7. The highest BCUT2D eigenvalue weighted by Gasteiger charge is 2.15. The summed E-state index contributed by atoms with van der Waals surface area (Å²) in [6, 6.07) is 11.2. The first kappa shape index (κ1) is 21.4. The van der Waals surface area contributed by atoms with E-state index < -0.39 is 11.8 Å². The highest BCUT2D eigenvalue weighted by atomic mass is 79.9. The lowest BCUT2D eigenvalue weighted by molar-refractivity contribution is -0.114. The van der Waals surface area contributed by atoms with Gasteiger partial charge in [0.25, 0.3) is 11.8 Å². The molecule has 2 rings (SSSR count). The third-order valence-electron chi connectivity index (χ3n) is 3.49. The zero-order valence-corrected chi connectivity index (χ0v) is 17.0. The van der Waals surface area contributed by atoms with Crippen molar-refractivity contribution in [1.29, 1.82) is 0 Å². The van der Waals surface area contributed by atoms with Gasteiger partial charge in [-0.3, -0.25) is 25.2 Å². The standard InChI is InChI=1S/C19H20BrN3O5/c1-12(24)21-15-6-3-13(4-7-15)18(25)22-23-19(26)16-11-14(20)5-8-17(16)28-10-9-27-2/h3-8,11H,9-10H2,1-2H3,(H,21,24)(H,22,25)(H,23,26). The molecule has 0 bridgehead atoms. The molecule has 0 aliphatic carbocycles. The molecule has 0 saturated carbocycles. The molecular weight excluding hydrogens is 430 g/mol. The molecular formula is C19H20BrN3O5. The van der Waals surface area contributed by atoms with Crippen molar-refractivity contribution in [3.05, 3.63) is 58.1 Å². The van der Waals surface area contributed by atoms with Gasteiger partial charge in [0.15, 0.2) is 0 Å². The summed E-state index contributed by atoms with van der Waals surface area (Å²) in [7, 11) is 1.55. The molecule has 9 heteroatoms. The van der Waals surface area contributed by atoms with Crippen molar-refractivity contribution in [2.75, 3.05) is 25.6 Å². The summed E-state index contributed by atoms with van der Waals surface area (Å²) in [5.74, 6) is -0.870. The third-order valence-corrected chi connectivity index (χ3v) is 3.98. The van der Waals surface area contributed by atoms with Crippen molar-refractivity contribution in [2.24, 2.45) is 0 Å². The van der Waals surface area contributed by atoms with Gasteiger partial charge in [0, 0.05) is 29.8 Å².